The van der Waals surface area contributed by atoms with Gasteiger partial charge in [-0.3, -0.25) is 5.10 Å². The molecule has 0 spiro atoms. The fraction of sp³-hybridized carbons (Fsp3) is 0.125. The maximum atomic E-state index is 12.1. The topological polar surface area (TPSA) is 107 Å². The smallest absolute Gasteiger partial charge is 0.342 e. The van der Waals surface area contributed by atoms with Crippen LogP contribution in [0.5, 0.6) is 17.2 Å². The summed E-state index contributed by atoms with van der Waals surface area (Å²) >= 11 is 0.945. The van der Waals surface area contributed by atoms with Crippen LogP contribution in [0.4, 0.5) is 0 Å². The monoisotopic (exact) mass is 463 g/mol. The lowest BCUT2D eigenvalue weighted by Crippen LogP contribution is -1.98. The number of fused-ring (bicyclic) bond motifs is 1. The molecule has 33 heavy (non-hydrogen) atoms. The van der Waals surface area contributed by atoms with E-state index in [1.54, 1.807) is 45.6 Å². The highest BCUT2D eigenvalue weighted by atomic mass is 32.2. The molecule has 0 unspecified atom stereocenters. The van der Waals surface area contributed by atoms with Gasteiger partial charge < -0.3 is 19.3 Å². The summed E-state index contributed by atoms with van der Waals surface area (Å²) in [5.41, 5.74) is 1.37. The van der Waals surface area contributed by atoms with Crippen LogP contribution in [0.25, 0.3) is 28.2 Å². The Kier molecular flexibility index (Phi) is 6.50. The third-order valence-corrected chi connectivity index (χ3v) is 5.81. The molecule has 0 aliphatic carbocycles. The van der Waals surface area contributed by atoms with Crippen LogP contribution < -0.4 is 14.2 Å². The third kappa shape index (κ3) is 4.78. The number of benzene rings is 3. The van der Waals surface area contributed by atoms with Gasteiger partial charge in [0, 0.05) is 17.2 Å². The molecule has 0 radical (unpaired) electrons. The summed E-state index contributed by atoms with van der Waals surface area (Å²) in [6, 6.07) is 16.8. The number of carbonyl (C=O) groups is 1. The molecular weight excluding hydrogens is 442 g/mol. The predicted octanol–water partition coefficient (Wildman–Crippen LogP) is 4.87. The number of H-pyrrole nitrogens is 1. The van der Waals surface area contributed by atoms with Crippen LogP contribution in [0, 0.1) is 0 Å². The van der Waals surface area contributed by atoms with E-state index in [2.05, 4.69) is 15.2 Å². The average molecular weight is 464 g/mol. The molecule has 0 aliphatic heterocycles. The molecule has 0 fully saturated rings. The maximum Gasteiger partial charge on any atom is 0.342 e. The van der Waals surface area contributed by atoms with Crippen molar-refractivity contribution in [3.8, 4) is 28.6 Å². The van der Waals surface area contributed by atoms with Gasteiger partial charge >= 0.3 is 5.97 Å². The number of carboxylic acid groups (broad SMARTS) is 1. The first-order valence-corrected chi connectivity index (χ1v) is 10.7. The zero-order valence-corrected chi connectivity index (χ0v) is 19.0. The number of carboxylic acids is 1. The lowest BCUT2D eigenvalue weighted by atomic mass is 10.0. The first kappa shape index (κ1) is 22.2. The first-order chi connectivity index (χ1) is 16.0. The SMILES string of the molecule is COc1cc(OC)cc(-c2nc(S/C(=C\c3c(OC)ccc4ccccc34)C(=O)O)n[nH]2)c1. The van der Waals surface area contributed by atoms with Crippen molar-refractivity contribution in [3.63, 3.8) is 0 Å². The Hall–Kier alpha value is -3.98. The molecule has 0 bridgehead atoms. The largest absolute Gasteiger partial charge is 0.497 e. The first-order valence-electron chi connectivity index (χ1n) is 9.86. The van der Waals surface area contributed by atoms with Gasteiger partial charge in [0.05, 0.1) is 21.3 Å². The van der Waals surface area contributed by atoms with E-state index in [-0.39, 0.29) is 10.1 Å². The van der Waals surface area contributed by atoms with Crippen molar-refractivity contribution in [2.24, 2.45) is 0 Å². The molecule has 1 heterocycles. The minimum atomic E-state index is -1.09. The van der Waals surface area contributed by atoms with Crippen molar-refractivity contribution >= 4 is 34.6 Å². The second-order valence-electron chi connectivity index (χ2n) is 6.89. The fourth-order valence-electron chi connectivity index (χ4n) is 3.33. The summed E-state index contributed by atoms with van der Waals surface area (Å²) in [7, 11) is 4.68. The van der Waals surface area contributed by atoms with Crippen molar-refractivity contribution in [1.82, 2.24) is 15.2 Å². The molecule has 4 rings (SSSR count). The van der Waals surface area contributed by atoms with Crippen LogP contribution in [0.15, 0.2) is 64.7 Å². The molecule has 2 N–H and O–H groups in total. The van der Waals surface area contributed by atoms with Crippen molar-refractivity contribution in [2.75, 3.05) is 21.3 Å². The van der Waals surface area contributed by atoms with Crippen LogP contribution in [0.2, 0.25) is 0 Å². The van der Waals surface area contributed by atoms with E-state index in [1.807, 2.05) is 36.4 Å². The molecule has 168 valence electrons. The van der Waals surface area contributed by atoms with E-state index in [9.17, 15) is 9.90 Å². The summed E-state index contributed by atoms with van der Waals surface area (Å²) < 4.78 is 16.1. The number of nitrogens with one attached hydrogen (secondary N) is 1. The van der Waals surface area contributed by atoms with Crippen LogP contribution >= 0.6 is 11.8 Å². The lowest BCUT2D eigenvalue weighted by Gasteiger charge is -2.10. The molecule has 1 aromatic heterocycles. The van der Waals surface area contributed by atoms with Gasteiger partial charge in [0.25, 0.3) is 0 Å². The van der Waals surface area contributed by atoms with Gasteiger partial charge in [-0.05, 0) is 46.8 Å². The Morgan fingerprint density at radius 1 is 1.00 bits per heavy atom. The van der Waals surface area contributed by atoms with Gasteiger partial charge in [-0.2, -0.15) is 0 Å². The van der Waals surface area contributed by atoms with Gasteiger partial charge in [0.15, 0.2) is 5.82 Å². The van der Waals surface area contributed by atoms with Gasteiger partial charge in [-0.15, -0.1) is 5.10 Å². The lowest BCUT2D eigenvalue weighted by molar-refractivity contribution is -0.131. The molecule has 0 saturated heterocycles. The molecule has 0 saturated carbocycles. The van der Waals surface area contributed by atoms with Crippen LogP contribution in [0.1, 0.15) is 5.56 Å². The standard InChI is InChI=1S/C24H21N3O5S/c1-30-16-10-15(11-17(12-16)31-2)22-25-24(27-26-22)33-21(23(28)29)13-19-18-7-5-4-6-14(18)8-9-20(19)32-3/h4-13H,1-3H3,(H,28,29)(H,25,26,27)/b21-13-. The minimum absolute atomic E-state index is 0.0541. The van der Waals surface area contributed by atoms with E-state index < -0.39 is 5.97 Å². The maximum absolute atomic E-state index is 12.1. The molecule has 0 amide bonds. The van der Waals surface area contributed by atoms with E-state index in [1.165, 1.54) is 0 Å². The van der Waals surface area contributed by atoms with E-state index in [0.29, 0.717) is 34.2 Å². The number of thioether (sulfide) groups is 1. The summed E-state index contributed by atoms with van der Waals surface area (Å²) in [4.78, 5) is 16.6. The Balaban J connectivity index is 1.71. The number of hydrogen-bond acceptors (Lipinski definition) is 7. The number of nitrogens with zero attached hydrogens (tertiary/aromatic N) is 2. The Labute approximate surface area is 194 Å². The molecule has 4 aromatic rings. The van der Waals surface area contributed by atoms with Crippen molar-refractivity contribution in [3.05, 3.63) is 65.1 Å². The summed E-state index contributed by atoms with van der Waals surface area (Å²) in [5.74, 6) is 1.15. The normalized spacial score (nSPS) is 11.4. The van der Waals surface area contributed by atoms with E-state index in [4.69, 9.17) is 14.2 Å². The Morgan fingerprint density at radius 3 is 2.39 bits per heavy atom. The highest BCUT2D eigenvalue weighted by molar-refractivity contribution is 8.04. The Bertz CT molecular complexity index is 1330. The number of hydrogen-bond donors (Lipinski definition) is 2. The van der Waals surface area contributed by atoms with Crippen LogP contribution in [-0.4, -0.2) is 47.6 Å². The fourth-order valence-corrected chi connectivity index (χ4v) is 4.02. The van der Waals surface area contributed by atoms with Crippen LogP contribution in [0.3, 0.4) is 0 Å². The highest BCUT2D eigenvalue weighted by Crippen LogP contribution is 2.34. The molecule has 8 nitrogen and oxygen atoms in total. The van der Waals surface area contributed by atoms with Gasteiger partial charge in [-0.25, -0.2) is 9.78 Å². The second kappa shape index (κ2) is 9.66. The van der Waals surface area contributed by atoms with Crippen LogP contribution in [-0.2, 0) is 4.79 Å². The molecule has 3 aromatic carbocycles. The predicted molar refractivity (Wildman–Crippen MR) is 127 cm³/mol. The number of aromatic amines is 1. The molecule has 0 atom stereocenters. The zero-order valence-electron chi connectivity index (χ0n) is 18.2. The summed E-state index contributed by atoms with van der Waals surface area (Å²) in [6.45, 7) is 0. The highest BCUT2D eigenvalue weighted by Gasteiger charge is 2.17. The number of methoxy groups -OCH3 is 3. The summed E-state index contributed by atoms with van der Waals surface area (Å²) in [6.07, 6.45) is 1.58. The molecule has 0 aliphatic rings. The average Bonchev–Trinajstić information content (AvgIpc) is 3.32. The number of ether oxygens (including phenoxy) is 3. The van der Waals surface area contributed by atoms with Gasteiger partial charge in [0.2, 0.25) is 5.16 Å². The van der Waals surface area contributed by atoms with Crippen molar-refractivity contribution in [1.29, 1.82) is 0 Å². The Morgan fingerprint density at radius 2 is 1.73 bits per heavy atom. The molecular formula is C24H21N3O5S. The zero-order chi connectivity index (χ0) is 23.4. The second-order valence-corrected chi connectivity index (χ2v) is 7.90. The minimum Gasteiger partial charge on any atom is -0.497 e. The third-order valence-electron chi connectivity index (χ3n) is 4.93. The van der Waals surface area contributed by atoms with Crippen molar-refractivity contribution in [2.45, 2.75) is 5.16 Å². The number of rotatable bonds is 8. The van der Waals surface area contributed by atoms with Crippen molar-refractivity contribution < 1.29 is 24.1 Å². The number of aromatic nitrogens is 3. The number of aliphatic carboxylic acids is 1. The quantitative estimate of drug-likeness (QED) is 0.282. The van der Waals surface area contributed by atoms with Gasteiger partial charge in [-0.1, -0.05) is 30.3 Å². The summed E-state index contributed by atoms with van der Waals surface area (Å²) in [5, 5.41) is 19.0. The molecule has 9 heteroatoms. The van der Waals surface area contributed by atoms with E-state index in [0.717, 1.165) is 22.5 Å². The van der Waals surface area contributed by atoms with Gasteiger partial charge in [0.1, 0.15) is 22.2 Å². The van der Waals surface area contributed by atoms with E-state index >= 15 is 0 Å².